The number of hydrogen-bond donors (Lipinski definition) is 0. The Labute approximate surface area is 251 Å². The van der Waals surface area contributed by atoms with Crippen molar-refractivity contribution in [2.24, 2.45) is 0 Å². The Hall–Kier alpha value is -2.17. The van der Waals surface area contributed by atoms with Gasteiger partial charge in [0.1, 0.15) is 4.21 Å². The third kappa shape index (κ3) is 5.89. The molecule has 5 heterocycles. The van der Waals surface area contributed by atoms with Crippen molar-refractivity contribution in [1.82, 2.24) is 24.2 Å². The number of aromatic nitrogens is 1. The maximum absolute atomic E-state index is 13.8. The van der Waals surface area contributed by atoms with Crippen molar-refractivity contribution >= 4 is 66.2 Å². The van der Waals surface area contributed by atoms with Gasteiger partial charge in [-0.2, -0.15) is 9.37 Å². The largest absolute Gasteiger partial charge is 0.378 e. The minimum Gasteiger partial charge on any atom is -0.378 e. The number of halogens is 1. The lowest BCUT2D eigenvalue weighted by molar-refractivity contribution is -0.141. The highest BCUT2D eigenvalue weighted by molar-refractivity contribution is 7.91. The van der Waals surface area contributed by atoms with E-state index in [2.05, 4.69) is 4.98 Å². The number of thiazole rings is 1. The second kappa shape index (κ2) is 11.8. The molecule has 3 aromatic rings. The van der Waals surface area contributed by atoms with Gasteiger partial charge in [0.05, 0.1) is 38.6 Å². The molecule has 1 atom stereocenters. The summed E-state index contributed by atoms with van der Waals surface area (Å²) >= 11 is 8.62. The number of hydrogen-bond acceptors (Lipinski definition) is 10. The van der Waals surface area contributed by atoms with Gasteiger partial charge in [-0.05, 0) is 23.6 Å². The first-order chi connectivity index (χ1) is 19.7. The van der Waals surface area contributed by atoms with Gasteiger partial charge in [-0.3, -0.25) is 9.59 Å². The van der Waals surface area contributed by atoms with Crippen LogP contribution >= 0.6 is 34.3 Å². The monoisotopic (exact) mass is 639 g/mol. The minimum absolute atomic E-state index is 0.0156. The topological polar surface area (TPSA) is 113 Å². The van der Waals surface area contributed by atoms with Crippen molar-refractivity contribution < 1.29 is 27.6 Å². The minimum atomic E-state index is -3.86. The number of thiophene rings is 1. The third-order valence-corrected chi connectivity index (χ3v) is 12.4. The maximum Gasteiger partial charge on any atom is 0.283 e. The smallest absolute Gasteiger partial charge is 0.283 e. The first kappa shape index (κ1) is 28.9. The number of carbonyl (C=O) groups is 2. The highest BCUT2D eigenvalue weighted by Crippen LogP contribution is 2.34. The molecule has 2 amide bonds. The van der Waals surface area contributed by atoms with Crippen LogP contribution in [0.15, 0.2) is 28.5 Å². The van der Waals surface area contributed by atoms with Crippen LogP contribution in [0, 0.1) is 0 Å². The van der Waals surface area contributed by atoms with E-state index in [0.717, 1.165) is 32.0 Å². The average molecular weight is 640 g/mol. The van der Waals surface area contributed by atoms with Crippen LogP contribution in [0.3, 0.4) is 0 Å². The molecule has 220 valence electrons. The van der Waals surface area contributed by atoms with Crippen LogP contribution in [-0.4, -0.2) is 110 Å². The van der Waals surface area contributed by atoms with Crippen LogP contribution in [0.5, 0.6) is 0 Å². The number of rotatable bonds is 6. The summed E-state index contributed by atoms with van der Waals surface area (Å²) in [4.78, 5) is 41.4. The molecule has 11 nitrogen and oxygen atoms in total. The van der Waals surface area contributed by atoms with Crippen LogP contribution in [-0.2, 0) is 37.4 Å². The summed E-state index contributed by atoms with van der Waals surface area (Å²) in [5.41, 5.74) is 0.888. The highest BCUT2D eigenvalue weighted by Gasteiger charge is 2.40. The second-order valence-corrected chi connectivity index (χ2v) is 14.9. The lowest BCUT2D eigenvalue weighted by Gasteiger charge is -2.41. The summed E-state index contributed by atoms with van der Waals surface area (Å²) in [6.45, 7) is 3.40. The fraction of sp³-hybridized carbons (Fsp3) is 0.500. The highest BCUT2D eigenvalue weighted by atomic mass is 35.5. The predicted octanol–water partition coefficient (Wildman–Crippen LogP) is 2.69. The zero-order chi connectivity index (χ0) is 28.7. The van der Waals surface area contributed by atoms with Crippen molar-refractivity contribution in [3.05, 3.63) is 44.9 Å². The Morgan fingerprint density at radius 1 is 1.12 bits per heavy atom. The van der Waals surface area contributed by atoms with Gasteiger partial charge in [-0.1, -0.05) is 17.7 Å². The van der Waals surface area contributed by atoms with E-state index < -0.39 is 16.1 Å². The molecule has 0 aliphatic carbocycles. The molecule has 3 aliphatic rings. The van der Waals surface area contributed by atoms with Gasteiger partial charge in [0.25, 0.3) is 15.9 Å². The lowest BCUT2D eigenvalue weighted by atomic mass is 10.1. The number of hydroxylamine groups is 2. The van der Waals surface area contributed by atoms with Gasteiger partial charge in [0.2, 0.25) is 5.91 Å². The van der Waals surface area contributed by atoms with Crippen molar-refractivity contribution in [2.75, 3.05) is 59.6 Å². The summed E-state index contributed by atoms with van der Waals surface area (Å²) in [5, 5.41) is 3.51. The number of piperazine rings is 1. The molecule has 15 heteroatoms. The molecular formula is C26H30ClN5O6S3. The lowest BCUT2D eigenvalue weighted by Crippen LogP contribution is -2.58. The van der Waals surface area contributed by atoms with Crippen molar-refractivity contribution in [3.8, 4) is 0 Å². The van der Waals surface area contributed by atoms with Crippen LogP contribution in [0.1, 0.15) is 26.8 Å². The summed E-state index contributed by atoms with van der Waals surface area (Å²) in [5.74, 6) is -0.400. The fourth-order valence-electron chi connectivity index (χ4n) is 5.41. The molecule has 2 saturated heterocycles. The summed E-state index contributed by atoms with van der Waals surface area (Å²) in [6.07, 6.45) is 0.695. The summed E-state index contributed by atoms with van der Waals surface area (Å²) in [6, 6.07) is 6.30. The number of nitrogens with zero attached hydrogens (tertiary/aromatic N) is 5. The molecule has 2 aromatic heterocycles. The summed E-state index contributed by atoms with van der Waals surface area (Å²) < 4.78 is 35.3. The standard InChI is InChI=1S/C26H30ClN5O6S3/c1-37-30-5-4-20-22(16-30)40-25(28-20)26(34)32-7-6-31(15-19(32)14-23(33)29-8-10-38-11-9-29)41(35,36)24-12-17-2-3-18(27)13-21(17)39-24/h2-3,12-13,19H,4-11,14-16H2,1H3. The Bertz CT molecular complexity index is 1570. The first-order valence-electron chi connectivity index (χ1n) is 13.4. The number of benzene rings is 1. The molecule has 0 saturated carbocycles. The quantitative estimate of drug-likeness (QED) is 0.405. The molecule has 0 spiro atoms. The normalized spacial score (nSPS) is 20.9. The Kier molecular flexibility index (Phi) is 8.35. The van der Waals surface area contributed by atoms with Crippen LogP contribution < -0.4 is 0 Å². The number of amides is 2. The molecule has 3 aliphatic heterocycles. The maximum atomic E-state index is 13.8. The molecule has 0 radical (unpaired) electrons. The molecule has 1 aromatic carbocycles. The molecule has 41 heavy (non-hydrogen) atoms. The molecule has 1 unspecified atom stereocenters. The Morgan fingerprint density at radius 2 is 1.93 bits per heavy atom. The number of carbonyl (C=O) groups excluding carboxylic acids is 2. The van der Waals surface area contributed by atoms with E-state index >= 15 is 0 Å². The van der Waals surface area contributed by atoms with Gasteiger partial charge < -0.3 is 19.4 Å². The van der Waals surface area contributed by atoms with Gasteiger partial charge in [-0.15, -0.1) is 22.7 Å². The van der Waals surface area contributed by atoms with Crippen LogP contribution in [0.4, 0.5) is 0 Å². The van der Waals surface area contributed by atoms with Crippen molar-refractivity contribution in [2.45, 2.75) is 29.6 Å². The number of morpholine rings is 1. The average Bonchev–Trinajstić information content (AvgIpc) is 3.61. The second-order valence-electron chi connectivity index (χ2n) is 10.1. The molecule has 6 rings (SSSR count). The van der Waals surface area contributed by atoms with E-state index in [-0.39, 0.29) is 42.1 Å². The number of fused-ring (bicyclic) bond motifs is 2. The third-order valence-electron chi connectivity index (χ3n) is 7.67. The Morgan fingerprint density at radius 3 is 2.71 bits per heavy atom. The SMILES string of the molecule is CON1CCc2nc(C(=O)N3CCN(S(=O)(=O)c4cc5ccc(Cl)cc5s4)CC3CC(=O)N3CCOCC3)sc2C1. The van der Waals surface area contributed by atoms with Crippen molar-refractivity contribution in [3.63, 3.8) is 0 Å². The fourth-order valence-corrected chi connectivity index (χ4v) is 9.77. The number of ether oxygens (including phenoxy) is 1. The van der Waals surface area contributed by atoms with Crippen LogP contribution in [0.2, 0.25) is 5.02 Å². The molecule has 0 bridgehead atoms. The van der Waals surface area contributed by atoms with Crippen molar-refractivity contribution in [1.29, 1.82) is 0 Å². The van der Waals surface area contributed by atoms with Gasteiger partial charge in [0.15, 0.2) is 5.01 Å². The van der Waals surface area contributed by atoms with Crippen LogP contribution in [0.25, 0.3) is 10.1 Å². The molecule has 2 fully saturated rings. The van der Waals surface area contributed by atoms with E-state index in [1.54, 1.807) is 41.2 Å². The van der Waals surface area contributed by atoms with Gasteiger partial charge in [-0.25, -0.2) is 13.4 Å². The molecule has 0 N–H and O–H groups in total. The zero-order valence-corrected chi connectivity index (χ0v) is 25.7. The Balaban J connectivity index is 1.26. The molecular weight excluding hydrogens is 610 g/mol. The zero-order valence-electron chi connectivity index (χ0n) is 22.5. The predicted molar refractivity (Wildman–Crippen MR) is 156 cm³/mol. The van der Waals surface area contributed by atoms with E-state index in [4.69, 9.17) is 21.2 Å². The van der Waals surface area contributed by atoms with E-state index in [0.29, 0.717) is 55.8 Å². The first-order valence-corrected chi connectivity index (χ1v) is 16.8. The van der Waals surface area contributed by atoms with E-state index in [1.807, 2.05) is 5.06 Å². The van der Waals surface area contributed by atoms with E-state index in [9.17, 15) is 18.0 Å². The summed E-state index contributed by atoms with van der Waals surface area (Å²) in [7, 11) is -2.24. The van der Waals surface area contributed by atoms with Gasteiger partial charge >= 0.3 is 0 Å². The van der Waals surface area contributed by atoms with Gasteiger partial charge in [0, 0.05) is 66.7 Å². The van der Waals surface area contributed by atoms with E-state index in [1.165, 1.54) is 15.6 Å². The number of sulfonamides is 1.